The van der Waals surface area contributed by atoms with Gasteiger partial charge in [-0.1, -0.05) is 13.0 Å². The van der Waals surface area contributed by atoms with E-state index in [2.05, 4.69) is 22.5 Å². The zero-order valence-corrected chi connectivity index (χ0v) is 12.4. The van der Waals surface area contributed by atoms with Gasteiger partial charge in [-0.15, -0.1) is 0 Å². The van der Waals surface area contributed by atoms with E-state index in [1.54, 1.807) is 12.4 Å². The van der Waals surface area contributed by atoms with Crippen LogP contribution in [0.15, 0.2) is 36.5 Å². The van der Waals surface area contributed by atoms with Crippen molar-refractivity contribution < 1.29 is 4.92 Å². The number of nitro groups is 1. The zero-order valence-electron chi connectivity index (χ0n) is 11.5. The Hall–Kier alpha value is -1.76. The predicted molar refractivity (Wildman–Crippen MR) is 81.8 cm³/mol. The van der Waals surface area contributed by atoms with Crippen molar-refractivity contribution in [2.45, 2.75) is 19.9 Å². The minimum absolute atomic E-state index is 0.427. The van der Waals surface area contributed by atoms with E-state index in [0.29, 0.717) is 18.9 Å². The molecule has 0 saturated heterocycles. The number of pyridine rings is 1. The molecule has 0 fully saturated rings. The Balaban J connectivity index is 2.38. The lowest BCUT2D eigenvalue weighted by Gasteiger charge is -2.11. The van der Waals surface area contributed by atoms with Crippen LogP contribution >= 0.6 is 11.8 Å². The largest absolute Gasteiger partial charge is 0.366 e. The Kier molecular flexibility index (Phi) is 8.21. The van der Waals surface area contributed by atoms with Crippen LogP contribution in [0.25, 0.3) is 0 Å². The molecule has 0 saturated carbocycles. The van der Waals surface area contributed by atoms with Crippen molar-refractivity contribution in [3.63, 3.8) is 0 Å². The summed E-state index contributed by atoms with van der Waals surface area (Å²) in [6.45, 7) is 3.33. The monoisotopic (exact) mass is 296 g/mol. The molecule has 1 heterocycles. The predicted octanol–water partition coefficient (Wildman–Crippen LogP) is 1.98. The van der Waals surface area contributed by atoms with E-state index in [1.165, 1.54) is 0 Å². The van der Waals surface area contributed by atoms with E-state index >= 15 is 0 Å². The molecule has 0 atom stereocenters. The first kappa shape index (κ1) is 16.3. The summed E-state index contributed by atoms with van der Waals surface area (Å²) < 4.78 is 0. The first-order valence-electron chi connectivity index (χ1n) is 6.52. The van der Waals surface area contributed by atoms with Gasteiger partial charge in [-0.05, 0) is 23.8 Å². The van der Waals surface area contributed by atoms with Gasteiger partial charge < -0.3 is 10.6 Å². The van der Waals surface area contributed by atoms with Gasteiger partial charge in [0.25, 0.3) is 6.20 Å². The second-order valence-electron chi connectivity index (χ2n) is 4.08. The summed E-state index contributed by atoms with van der Waals surface area (Å²) in [6.07, 6.45) is 5.52. The summed E-state index contributed by atoms with van der Waals surface area (Å²) in [6, 6.07) is 3.75. The number of thioether (sulfide) groups is 1. The second kappa shape index (κ2) is 10.1. The van der Waals surface area contributed by atoms with Crippen LogP contribution in [-0.2, 0) is 6.54 Å². The number of nitrogens with one attached hydrogen (secondary N) is 2. The van der Waals surface area contributed by atoms with E-state index in [4.69, 9.17) is 0 Å². The van der Waals surface area contributed by atoms with E-state index < -0.39 is 4.92 Å². The molecule has 1 aromatic rings. The van der Waals surface area contributed by atoms with Crippen LogP contribution in [0.4, 0.5) is 0 Å². The number of aromatic nitrogens is 1. The van der Waals surface area contributed by atoms with Crippen molar-refractivity contribution in [2.24, 2.45) is 0 Å². The van der Waals surface area contributed by atoms with Gasteiger partial charge in [-0.2, -0.15) is 11.8 Å². The summed E-state index contributed by atoms with van der Waals surface area (Å²) in [5, 5.41) is 16.7. The summed E-state index contributed by atoms with van der Waals surface area (Å²) in [5.41, 5.74) is 0.976. The first-order valence-corrected chi connectivity index (χ1v) is 7.67. The lowest BCUT2D eigenvalue weighted by molar-refractivity contribution is -0.404. The molecular weight excluding hydrogens is 276 g/mol. The fraction of sp³-hybridized carbons (Fsp3) is 0.462. The SMILES string of the molecule is CCCSCCN/C(=C\[N+](=O)[O-])NCc1cccnc1. The lowest BCUT2D eigenvalue weighted by Crippen LogP contribution is -2.28. The molecule has 2 N–H and O–H groups in total. The van der Waals surface area contributed by atoms with E-state index in [1.807, 2.05) is 23.9 Å². The highest BCUT2D eigenvalue weighted by molar-refractivity contribution is 7.99. The molecule has 110 valence electrons. The zero-order chi connectivity index (χ0) is 14.6. The number of rotatable bonds is 10. The van der Waals surface area contributed by atoms with Crippen LogP contribution < -0.4 is 10.6 Å². The van der Waals surface area contributed by atoms with Crippen molar-refractivity contribution in [3.8, 4) is 0 Å². The van der Waals surface area contributed by atoms with E-state index in [-0.39, 0.29) is 0 Å². The minimum atomic E-state index is -0.461. The summed E-state index contributed by atoms with van der Waals surface area (Å²) in [4.78, 5) is 14.1. The molecule has 0 aliphatic heterocycles. The van der Waals surface area contributed by atoms with Gasteiger partial charge in [0, 0.05) is 31.2 Å². The molecule has 0 amide bonds. The molecule has 6 nitrogen and oxygen atoms in total. The molecule has 7 heteroatoms. The number of hydrogen-bond acceptors (Lipinski definition) is 6. The molecule has 1 aromatic heterocycles. The van der Waals surface area contributed by atoms with Crippen molar-refractivity contribution in [2.75, 3.05) is 18.1 Å². The summed E-state index contributed by atoms with van der Waals surface area (Å²) in [7, 11) is 0. The van der Waals surface area contributed by atoms with Crippen LogP contribution in [0.3, 0.4) is 0 Å². The lowest BCUT2D eigenvalue weighted by atomic mass is 10.3. The van der Waals surface area contributed by atoms with Gasteiger partial charge in [-0.25, -0.2) is 0 Å². The molecule has 0 unspecified atom stereocenters. The van der Waals surface area contributed by atoms with Crippen LogP contribution in [0, 0.1) is 10.1 Å². The van der Waals surface area contributed by atoms with Crippen LogP contribution in [0.5, 0.6) is 0 Å². The average Bonchev–Trinajstić information content (AvgIpc) is 2.45. The smallest absolute Gasteiger partial charge is 0.274 e. The van der Waals surface area contributed by atoms with Gasteiger partial charge in [-0.3, -0.25) is 15.1 Å². The molecule has 0 radical (unpaired) electrons. The second-order valence-corrected chi connectivity index (χ2v) is 5.31. The quantitative estimate of drug-likeness (QED) is 0.390. The topological polar surface area (TPSA) is 80.1 Å². The van der Waals surface area contributed by atoms with Crippen molar-refractivity contribution >= 4 is 11.8 Å². The van der Waals surface area contributed by atoms with Gasteiger partial charge in [0.1, 0.15) is 0 Å². The van der Waals surface area contributed by atoms with E-state index in [9.17, 15) is 10.1 Å². The Morgan fingerprint density at radius 1 is 1.50 bits per heavy atom. The molecule has 0 aliphatic rings. The fourth-order valence-corrected chi connectivity index (χ4v) is 2.20. The minimum Gasteiger partial charge on any atom is -0.366 e. The van der Waals surface area contributed by atoms with Crippen LogP contribution in [0.1, 0.15) is 18.9 Å². The maximum absolute atomic E-state index is 10.6. The summed E-state index contributed by atoms with van der Waals surface area (Å²) >= 11 is 1.83. The van der Waals surface area contributed by atoms with Gasteiger partial charge in [0.05, 0.1) is 4.92 Å². The van der Waals surface area contributed by atoms with E-state index in [0.717, 1.165) is 29.7 Å². The average molecular weight is 296 g/mol. The summed E-state index contributed by atoms with van der Waals surface area (Å²) in [5.74, 6) is 2.47. The third-order valence-electron chi connectivity index (χ3n) is 2.35. The highest BCUT2D eigenvalue weighted by Crippen LogP contribution is 2.01. The standard InChI is InChI=1S/C13H20N4O2S/c1-2-7-20-8-6-15-13(11-17(18)19)16-10-12-4-3-5-14-9-12/h3-5,9,11,15-16H,2,6-8,10H2,1H3/b13-11+. The Morgan fingerprint density at radius 3 is 3.00 bits per heavy atom. The van der Waals surface area contributed by atoms with Crippen LogP contribution in [0.2, 0.25) is 0 Å². The molecule has 0 bridgehead atoms. The maximum Gasteiger partial charge on any atom is 0.274 e. The fourth-order valence-electron chi connectivity index (χ4n) is 1.46. The molecular formula is C13H20N4O2S. The molecule has 0 aromatic carbocycles. The van der Waals surface area contributed by atoms with Gasteiger partial charge >= 0.3 is 0 Å². The van der Waals surface area contributed by atoms with Crippen molar-refractivity contribution in [3.05, 3.63) is 52.2 Å². The maximum atomic E-state index is 10.6. The third-order valence-corrected chi connectivity index (χ3v) is 3.54. The number of nitrogens with zero attached hydrogens (tertiary/aromatic N) is 2. The molecule has 0 aliphatic carbocycles. The van der Waals surface area contributed by atoms with Gasteiger partial charge in [0.15, 0.2) is 5.82 Å². The molecule has 20 heavy (non-hydrogen) atoms. The van der Waals surface area contributed by atoms with Gasteiger partial charge in [0.2, 0.25) is 0 Å². The first-order chi connectivity index (χ1) is 9.72. The van der Waals surface area contributed by atoms with Crippen molar-refractivity contribution in [1.29, 1.82) is 0 Å². The highest BCUT2D eigenvalue weighted by Gasteiger charge is 2.02. The Morgan fingerprint density at radius 2 is 2.35 bits per heavy atom. The molecule has 1 rings (SSSR count). The third kappa shape index (κ3) is 7.63. The Labute approximate surface area is 123 Å². The van der Waals surface area contributed by atoms with Crippen LogP contribution in [-0.4, -0.2) is 28.0 Å². The Bertz CT molecular complexity index is 426. The number of hydrogen-bond donors (Lipinski definition) is 2. The normalized spacial score (nSPS) is 11.2. The van der Waals surface area contributed by atoms with Crippen molar-refractivity contribution in [1.82, 2.24) is 15.6 Å². The molecule has 0 spiro atoms. The highest BCUT2D eigenvalue weighted by atomic mass is 32.2.